The van der Waals surface area contributed by atoms with E-state index in [1.54, 1.807) is 56.5 Å². The summed E-state index contributed by atoms with van der Waals surface area (Å²) in [7, 11) is 1.57. The fourth-order valence-electron chi connectivity index (χ4n) is 2.45. The van der Waals surface area contributed by atoms with Crippen LogP contribution in [0.25, 0.3) is 0 Å². The first-order valence-corrected chi connectivity index (χ1v) is 7.99. The average Bonchev–Trinajstić information content (AvgIpc) is 2.62. The number of aliphatic carboxylic acids is 1. The van der Waals surface area contributed by atoms with E-state index in [4.69, 9.17) is 15.6 Å². The van der Waals surface area contributed by atoms with Crippen LogP contribution in [0.4, 0.5) is 5.69 Å². The molecule has 0 aliphatic rings. The molecule has 1 unspecified atom stereocenters. The summed E-state index contributed by atoms with van der Waals surface area (Å²) in [5.41, 5.74) is 8.20. The molecule has 2 rings (SSSR count). The van der Waals surface area contributed by atoms with Crippen LogP contribution in [0.5, 0.6) is 5.75 Å². The van der Waals surface area contributed by atoms with Crippen LogP contribution in [-0.2, 0) is 11.3 Å². The van der Waals surface area contributed by atoms with Crippen molar-refractivity contribution >= 4 is 17.4 Å². The summed E-state index contributed by atoms with van der Waals surface area (Å²) in [4.78, 5) is 23.7. The highest BCUT2D eigenvalue weighted by molar-refractivity contribution is 6.09. The van der Waals surface area contributed by atoms with Crippen LogP contribution in [0.15, 0.2) is 42.5 Å². The zero-order chi connectivity index (χ0) is 18.4. The van der Waals surface area contributed by atoms with Crippen molar-refractivity contribution in [1.82, 2.24) is 5.32 Å². The molecular formula is C19H22N2O4. The van der Waals surface area contributed by atoms with Crippen molar-refractivity contribution < 1.29 is 19.4 Å². The fraction of sp³-hybridized carbons (Fsp3) is 0.263. The van der Waals surface area contributed by atoms with Crippen LogP contribution in [-0.4, -0.2) is 30.0 Å². The summed E-state index contributed by atoms with van der Waals surface area (Å²) in [5, 5.41) is 12.0. The predicted octanol–water partition coefficient (Wildman–Crippen LogP) is 2.46. The molecule has 0 saturated heterocycles. The molecule has 6 nitrogen and oxygen atoms in total. The van der Waals surface area contributed by atoms with Gasteiger partial charge in [0.05, 0.1) is 7.11 Å². The number of benzene rings is 2. The molecule has 25 heavy (non-hydrogen) atoms. The van der Waals surface area contributed by atoms with Crippen molar-refractivity contribution in [3.8, 4) is 5.75 Å². The summed E-state index contributed by atoms with van der Waals surface area (Å²) >= 11 is 0. The zero-order valence-corrected chi connectivity index (χ0v) is 14.3. The minimum Gasteiger partial charge on any atom is -0.497 e. The third-order valence-electron chi connectivity index (χ3n) is 4.00. The highest BCUT2D eigenvalue weighted by Crippen LogP contribution is 2.19. The second kappa shape index (κ2) is 8.30. The van der Waals surface area contributed by atoms with Gasteiger partial charge >= 0.3 is 5.97 Å². The molecule has 0 fully saturated rings. The molecule has 0 saturated carbocycles. The third kappa shape index (κ3) is 4.58. The topological polar surface area (TPSA) is 102 Å². The van der Waals surface area contributed by atoms with E-state index in [1.165, 1.54) is 0 Å². The van der Waals surface area contributed by atoms with Crippen LogP contribution in [0.2, 0.25) is 0 Å². The molecule has 0 radical (unpaired) electrons. The minimum absolute atomic E-state index is 0.130. The summed E-state index contributed by atoms with van der Waals surface area (Å²) in [6.45, 7) is 2.07. The van der Waals surface area contributed by atoms with Crippen molar-refractivity contribution in [1.29, 1.82) is 0 Å². The van der Waals surface area contributed by atoms with Gasteiger partial charge in [-0.05, 0) is 54.4 Å². The van der Waals surface area contributed by atoms with Crippen molar-refractivity contribution in [2.45, 2.75) is 25.9 Å². The molecule has 0 aromatic heterocycles. The molecule has 2 aromatic rings. The molecule has 4 N–H and O–H groups in total. The summed E-state index contributed by atoms with van der Waals surface area (Å²) < 4.78 is 5.09. The Kier molecular flexibility index (Phi) is 6.14. The fourth-order valence-corrected chi connectivity index (χ4v) is 2.45. The van der Waals surface area contributed by atoms with Gasteiger partial charge in [0.15, 0.2) is 5.78 Å². The van der Waals surface area contributed by atoms with E-state index < -0.39 is 12.0 Å². The van der Waals surface area contributed by atoms with E-state index in [9.17, 15) is 9.59 Å². The van der Waals surface area contributed by atoms with Crippen LogP contribution < -0.4 is 15.8 Å². The first kappa shape index (κ1) is 18.5. The number of methoxy groups -OCH3 is 1. The number of hydrogen-bond donors (Lipinski definition) is 3. The summed E-state index contributed by atoms with van der Waals surface area (Å²) in [5.74, 6) is -0.362. The van der Waals surface area contributed by atoms with Gasteiger partial charge in [0, 0.05) is 23.4 Å². The maximum atomic E-state index is 12.6. The standard InChI is InChI=1S/C19H22N2O4/c1-3-17(19(23)24)21-11-14-10-13(6-9-16(14)20)18(22)12-4-7-15(25-2)8-5-12/h4-10,17,21H,3,11,20H2,1-2H3,(H,23,24). The van der Waals surface area contributed by atoms with E-state index in [-0.39, 0.29) is 12.3 Å². The monoisotopic (exact) mass is 342 g/mol. The summed E-state index contributed by atoms with van der Waals surface area (Å²) in [6, 6.07) is 11.2. The van der Waals surface area contributed by atoms with Gasteiger partial charge in [-0.15, -0.1) is 0 Å². The molecular weight excluding hydrogens is 320 g/mol. The number of ether oxygens (including phenoxy) is 1. The number of carbonyl (C=O) groups is 2. The molecule has 0 spiro atoms. The van der Waals surface area contributed by atoms with E-state index in [2.05, 4.69) is 5.32 Å². The van der Waals surface area contributed by atoms with Gasteiger partial charge in [0.2, 0.25) is 0 Å². The van der Waals surface area contributed by atoms with Crippen LogP contribution in [0.1, 0.15) is 34.8 Å². The van der Waals surface area contributed by atoms with Gasteiger partial charge in [-0.25, -0.2) is 0 Å². The third-order valence-corrected chi connectivity index (χ3v) is 4.00. The lowest BCUT2D eigenvalue weighted by molar-refractivity contribution is -0.139. The van der Waals surface area contributed by atoms with E-state index in [0.717, 1.165) is 0 Å². The SMILES string of the molecule is CCC(NCc1cc(C(=O)c2ccc(OC)cc2)ccc1N)C(=O)O. The molecule has 0 heterocycles. The van der Waals surface area contributed by atoms with Gasteiger partial charge in [0.1, 0.15) is 11.8 Å². The number of nitrogens with one attached hydrogen (secondary N) is 1. The second-order valence-electron chi connectivity index (χ2n) is 5.65. The normalized spacial score (nSPS) is 11.8. The predicted molar refractivity (Wildman–Crippen MR) is 95.8 cm³/mol. The number of ketones is 1. The molecule has 0 amide bonds. The number of rotatable bonds is 8. The molecule has 1 atom stereocenters. The Morgan fingerprint density at radius 1 is 1.16 bits per heavy atom. The molecule has 2 aromatic carbocycles. The number of nitrogen functional groups attached to an aromatic ring is 1. The van der Waals surface area contributed by atoms with E-state index >= 15 is 0 Å². The first-order chi connectivity index (χ1) is 12.0. The van der Waals surface area contributed by atoms with E-state index in [0.29, 0.717) is 34.5 Å². The summed E-state index contributed by atoms with van der Waals surface area (Å²) in [6.07, 6.45) is 0.458. The Morgan fingerprint density at radius 2 is 1.80 bits per heavy atom. The average molecular weight is 342 g/mol. The Labute approximate surface area is 146 Å². The minimum atomic E-state index is -0.911. The Hall–Kier alpha value is -2.86. The van der Waals surface area contributed by atoms with Gasteiger partial charge in [-0.1, -0.05) is 6.92 Å². The van der Waals surface area contributed by atoms with Crippen LogP contribution >= 0.6 is 0 Å². The van der Waals surface area contributed by atoms with Crippen molar-refractivity contribution in [3.63, 3.8) is 0 Å². The zero-order valence-electron chi connectivity index (χ0n) is 14.3. The number of carboxylic acids is 1. The van der Waals surface area contributed by atoms with Crippen molar-refractivity contribution in [2.24, 2.45) is 0 Å². The highest BCUT2D eigenvalue weighted by atomic mass is 16.5. The van der Waals surface area contributed by atoms with Gasteiger partial charge in [0.25, 0.3) is 0 Å². The lowest BCUT2D eigenvalue weighted by atomic mass is 10.00. The largest absolute Gasteiger partial charge is 0.497 e. The molecule has 0 aliphatic carbocycles. The number of hydrogen-bond acceptors (Lipinski definition) is 5. The second-order valence-corrected chi connectivity index (χ2v) is 5.65. The van der Waals surface area contributed by atoms with Gasteiger partial charge in [-0.3, -0.25) is 9.59 Å². The van der Waals surface area contributed by atoms with E-state index in [1.807, 2.05) is 0 Å². The smallest absolute Gasteiger partial charge is 0.320 e. The van der Waals surface area contributed by atoms with Crippen LogP contribution in [0, 0.1) is 0 Å². The van der Waals surface area contributed by atoms with Crippen molar-refractivity contribution in [3.05, 3.63) is 59.2 Å². The maximum Gasteiger partial charge on any atom is 0.320 e. The molecule has 0 bridgehead atoms. The lowest BCUT2D eigenvalue weighted by Gasteiger charge is -2.14. The Balaban J connectivity index is 2.19. The van der Waals surface area contributed by atoms with Gasteiger partial charge in [-0.2, -0.15) is 0 Å². The van der Waals surface area contributed by atoms with Gasteiger partial charge < -0.3 is 20.9 Å². The maximum absolute atomic E-state index is 12.6. The quantitative estimate of drug-likeness (QED) is 0.503. The number of anilines is 1. The molecule has 0 aliphatic heterocycles. The Bertz CT molecular complexity index is 757. The first-order valence-electron chi connectivity index (χ1n) is 7.99. The lowest BCUT2D eigenvalue weighted by Crippen LogP contribution is -2.35. The molecule has 132 valence electrons. The molecule has 6 heteroatoms. The van der Waals surface area contributed by atoms with Crippen molar-refractivity contribution in [2.75, 3.05) is 12.8 Å². The number of carboxylic acid groups (broad SMARTS) is 1. The van der Waals surface area contributed by atoms with Crippen LogP contribution in [0.3, 0.4) is 0 Å². The highest BCUT2D eigenvalue weighted by Gasteiger charge is 2.16. The Morgan fingerprint density at radius 3 is 2.36 bits per heavy atom. The number of nitrogens with two attached hydrogens (primary N) is 1. The number of carbonyl (C=O) groups excluding carboxylic acids is 1.